The molecule has 3 N–H and O–H groups in total. The Morgan fingerprint density at radius 2 is 1.68 bits per heavy atom. The van der Waals surface area contributed by atoms with Gasteiger partial charge in [0.05, 0.1) is 11.1 Å². The molecule has 1 atom stereocenters. The van der Waals surface area contributed by atoms with E-state index in [-0.39, 0.29) is 17.7 Å². The molecular weight excluding hydrogens is 371 g/mol. The van der Waals surface area contributed by atoms with Gasteiger partial charge in [-0.15, -0.1) is 0 Å². The van der Waals surface area contributed by atoms with Gasteiger partial charge in [0.15, 0.2) is 0 Å². The Labute approximate surface area is 158 Å². The van der Waals surface area contributed by atoms with E-state index >= 15 is 0 Å². The zero-order valence-electron chi connectivity index (χ0n) is 14.5. The number of carbonyl (C=O) groups is 2. The fourth-order valence-electron chi connectivity index (χ4n) is 2.84. The third kappa shape index (κ3) is 4.28. The van der Waals surface area contributed by atoms with E-state index in [0.29, 0.717) is 5.52 Å². The van der Waals surface area contributed by atoms with Crippen molar-refractivity contribution >= 4 is 22.7 Å². The molecule has 0 aliphatic rings. The summed E-state index contributed by atoms with van der Waals surface area (Å²) in [5.41, 5.74) is 4.91. The molecule has 5 nitrogen and oxygen atoms in total. The third-order valence-corrected chi connectivity index (χ3v) is 4.23. The maximum absolute atomic E-state index is 13.2. The summed E-state index contributed by atoms with van der Waals surface area (Å²) in [5.74, 6) is -1.63. The van der Waals surface area contributed by atoms with Gasteiger partial charge in [0.2, 0.25) is 5.91 Å². The molecule has 2 aromatic carbocycles. The van der Waals surface area contributed by atoms with Crippen LogP contribution in [0.15, 0.2) is 60.7 Å². The monoisotopic (exact) mass is 387 g/mol. The van der Waals surface area contributed by atoms with E-state index in [1.54, 1.807) is 18.2 Å². The van der Waals surface area contributed by atoms with Gasteiger partial charge in [0.25, 0.3) is 5.91 Å². The first kappa shape index (κ1) is 19.3. The lowest BCUT2D eigenvalue weighted by Crippen LogP contribution is -2.46. The second-order valence-electron chi connectivity index (χ2n) is 6.18. The lowest BCUT2D eigenvalue weighted by atomic mass is 9.99. The Hall–Kier alpha value is -3.42. The number of aromatic nitrogens is 1. The van der Waals surface area contributed by atoms with Crippen LogP contribution in [0, 0.1) is 0 Å². The van der Waals surface area contributed by atoms with Gasteiger partial charge in [-0.3, -0.25) is 9.59 Å². The third-order valence-electron chi connectivity index (χ3n) is 4.23. The number of nitrogens with two attached hydrogens (primary N) is 1. The molecular formula is C20H16F3N3O2. The average Bonchev–Trinajstić information content (AvgIpc) is 2.66. The van der Waals surface area contributed by atoms with Gasteiger partial charge >= 0.3 is 6.18 Å². The van der Waals surface area contributed by atoms with E-state index < -0.39 is 29.6 Å². The highest BCUT2D eigenvalue weighted by molar-refractivity contribution is 5.97. The minimum atomic E-state index is -4.58. The molecule has 0 fully saturated rings. The van der Waals surface area contributed by atoms with Crippen LogP contribution in [-0.2, 0) is 17.4 Å². The van der Waals surface area contributed by atoms with Crippen LogP contribution in [0.3, 0.4) is 0 Å². The van der Waals surface area contributed by atoms with Crippen LogP contribution in [0.4, 0.5) is 13.2 Å². The van der Waals surface area contributed by atoms with Crippen molar-refractivity contribution in [2.75, 3.05) is 0 Å². The summed E-state index contributed by atoms with van der Waals surface area (Å²) in [6, 6.07) is 13.8. The van der Waals surface area contributed by atoms with Gasteiger partial charge in [-0.2, -0.15) is 13.2 Å². The quantitative estimate of drug-likeness (QED) is 0.706. The number of hydrogen-bond donors (Lipinski definition) is 2. The van der Waals surface area contributed by atoms with E-state index in [0.717, 1.165) is 11.5 Å². The second kappa shape index (κ2) is 7.67. The predicted molar refractivity (Wildman–Crippen MR) is 97.3 cm³/mol. The highest BCUT2D eigenvalue weighted by Gasteiger charge is 2.34. The molecule has 3 aromatic rings. The summed E-state index contributed by atoms with van der Waals surface area (Å²) in [6.45, 7) is 0. The van der Waals surface area contributed by atoms with Crippen LogP contribution >= 0.6 is 0 Å². The molecule has 0 bridgehead atoms. The Bertz CT molecular complexity index is 1030. The number of alkyl halides is 3. The number of amides is 2. The van der Waals surface area contributed by atoms with Crippen LogP contribution in [0.5, 0.6) is 0 Å². The SMILES string of the molecule is NC(=O)[C@@H](Cc1ccccc1C(F)(F)F)NC(=O)c1ccc2ccccc2n1. The molecule has 2 amide bonds. The minimum Gasteiger partial charge on any atom is -0.368 e. The Morgan fingerprint density at radius 1 is 1.00 bits per heavy atom. The molecule has 0 saturated carbocycles. The number of pyridine rings is 1. The number of primary amides is 1. The summed E-state index contributed by atoms with van der Waals surface area (Å²) < 4.78 is 39.5. The van der Waals surface area contributed by atoms with E-state index in [1.165, 1.54) is 24.3 Å². The van der Waals surface area contributed by atoms with Gasteiger partial charge in [0, 0.05) is 11.8 Å². The van der Waals surface area contributed by atoms with Crippen molar-refractivity contribution < 1.29 is 22.8 Å². The van der Waals surface area contributed by atoms with Crippen molar-refractivity contribution in [1.29, 1.82) is 0 Å². The number of halogens is 3. The number of carbonyl (C=O) groups excluding carboxylic acids is 2. The number of benzene rings is 2. The highest BCUT2D eigenvalue weighted by atomic mass is 19.4. The number of para-hydroxylation sites is 1. The summed E-state index contributed by atoms with van der Waals surface area (Å²) in [5, 5.41) is 3.20. The Kier molecular flexibility index (Phi) is 5.30. The summed E-state index contributed by atoms with van der Waals surface area (Å²) >= 11 is 0. The van der Waals surface area contributed by atoms with Crippen LogP contribution in [-0.4, -0.2) is 22.8 Å². The molecule has 0 saturated heterocycles. The van der Waals surface area contributed by atoms with Crippen molar-refractivity contribution in [3.63, 3.8) is 0 Å². The van der Waals surface area contributed by atoms with Gasteiger partial charge in [-0.05, 0) is 23.8 Å². The molecule has 0 radical (unpaired) electrons. The fourth-order valence-corrected chi connectivity index (χ4v) is 2.84. The summed E-state index contributed by atoms with van der Waals surface area (Å²) in [6.07, 6.45) is -4.97. The number of nitrogens with one attached hydrogen (secondary N) is 1. The number of hydrogen-bond acceptors (Lipinski definition) is 3. The average molecular weight is 387 g/mol. The zero-order valence-corrected chi connectivity index (χ0v) is 14.5. The number of rotatable bonds is 5. The normalized spacial score (nSPS) is 12.5. The van der Waals surface area contributed by atoms with Crippen molar-refractivity contribution in [2.24, 2.45) is 5.73 Å². The largest absolute Gasteiger partial charge is 0.416 e. The van der Waals surface area contributed by atoms with Crippen molar-refractivity contribution in [1.82, 2.24) is 10.3 Å². The second-order valence-corrected chi connectivity index (χ2v) is 6.18. The van der Waals surface area contributed by atoms with Crippen LogP contribution in [0.25, 0.3) is 10.9 Å². The Balaban J connectivity index is 1.83. The molecule has 144 valence electrons. The van der Waals surface area contributed by atoms with Gasteiger partial charge in [-0.25, -0.2) is 4.98 Å². The summed E-state index contributed by atoms with van der Waals surface area (Å²) in [7, 11) is 0. The van der Waals surface area contributed by atoms with Gasteiger partial charge in [0.1, 0.15) is 11.7 Å². The molecule has 1 heterocycles. The molecule has 0 spiro atoms. The lowest BCUT2D eigenvalue weighted by molar-refractivity contribution is -0.138. The first-order valence-corrected chi connectivity index (χ1v) is 8.37. The molecule has 0 unspecified atom stereocenters. The maximum atomic E-state index is 13.2. The van der Waals surface area contributed by atoms with Crippen molar-refractivity contribution in [3.05, 3.63) is 77.5 Å². The maximum Gasteiger partial charge on any atom is 0.416 e. The van der Waals surface area contributed by atoms with Gasteiger partial charge in [-0.1, -0.05) is 42.5 Å². The van der Waals surface area contributed by atoms with E-state index in [4.69, 9.17) is 5.73 Å². The molecule has 1 aromatic heterocycles. The first-order valence-electron chi connectivity index (χ1n) is 8.37. The van der Waals surface area contributed by atoms with Crippen molar-refractivity contribution in [3.8, 4) is 0 Å². The predicted octanol–water partition coefficient (Wildman–Crippen LogP) is 3.08. The molecule has 28 heavy (non-hydrogen) atoms. The van der Waals surface area contributed by atoms with Gasteiger partial charge < -0.3 is 11.1 Å². The number of fused-ring (bicyclic) bond motifs is 1. The van der Waals surface area contributed by atoms with E-state index in [1.807, 2.05) is 12.1 Å². The smallest absolute Gasteiger partial charge is 0.368 e. The highest BCUT2D eigenvalue weighted by Crippen LogP contribution is 2.32. The zero-order chi connectivity index (χ0) is 20.3. The van der Waals surface area contributed by atoms with Crippen LogP contribution in [0.2, 0.25) is 0 Å². The van der Waals surface area contributed by atoms with E-state index in [9.17, 15) is 22.8 Å². The minimum absolute atomic E-state index is 0.0362. The molecule has 0 aliphatic carbocycles. The van der Waals surface area contributed by atoms with Crippen LogP contribution in [0.1, 0.15) is 21.6 Å². The van der Waals surface area contributed by atoms with E-state index in [2.05, 4.69) is 10.3 Å². The standard InChI is InChI=1S/C20H16F3N3O2/c21-20(22,23)14-7-3-1-6-13(14)11-17(18(24)27)26-19(28)16-10-9-12-5-2-4-8-15(12)25-16/h1-10,17H,11H2,(H2,24,27)(H,26,28)/t17-/m1/s1. The molecule has 8 heteroatoms. The summed E-state index contributed by atoms with van der Waals surface area (Å²) in [4.78, 5) is 28.4. The first-order chi connectivity index (χ1) is 13.3. The van der Waals surface area contributed by atoms with Crippen molar-refractivity contribution in [2.45, 2.75) is 18.6 Å². The molecule has 3 rings (SSSR count). The Morgan fingerprint density at radius 3 is 2.39 bits per heavy atom. The fraction of sp³-hybridized carbons (Fsp3) is 0.150. The topological polar surface area (TPSA) is 85.1 Å². The lowest BCUT2D eigenvalue weighted by Gasteiger charge is -2.18. The molecule has 0 aliphatic heterocycles. The number of nitrogens with zero attached hydrogens (tertiary/aromatic N) is 1. The van der Waals surface area contributed by atoms with Crippen LogP contribution < -0.4 is 11.1 Å².